The summed E-state index contributed by atoms with van der Waals surface area (Å²) < 4.78 is 0. The molecule has 0 unspecified atom stereocenters. The van der Waals surface area contributed by atoms with Gasteiger partial charge in [-0.25, -0.2) is 0 Å². The predicted molar refractivity (Wildman–Crippen MR) is 85.8 cm³/mol. The van der Waals surface area contributed by atoms with Gasteiger partial charge in [-0.3, -0.25) is 0 Å². The van der Waals surface area contributed by atoms with Gasteiger partial charge in [0, 0.05) is 0 Å². The predicted octanol–water partition coefficient (Wildman–Crippen LogP) is 3.08. The first-order chi connectivity index (χ1) is 10.5. The normalized spacial score (nSPS) is 41.6. The Balaban J connectivity index is 1.64. The largest absolute Gasteiger partial charge is 0.377 e. The highest BCUT2D eigenvalue weighted by atomic mass is 16.3. The summed E-state index contributed by atoms with van der Waals surface area (Å²) in [5, 5.41) is 21.9. The van der Waals surface area contributed by atoms with Crippen LogP contribution in [0.3, 0.4) is 0 Å². The summed E-state index contributed by atoms with van der Waals surface area (Å²) in [6.45, 7) is 1.72. The third kappa shape index (κ3) is 2.19. The van der Waals surface area contributed by atoms with E-state index in [0.717, 1.165) is 43.1 Å². The molecule has 0 spiro atoms. The Morgan fingerprint density at radius 3 is 2.09 bits per heavy atom. The molecule has 5 rings (SSSR count). The van der Waals surface area contributed by atoms with Crippen LogP contribution < -0.4 is 0 Å². The fourth-order valence-corrected chi connectivity index (χ4v) is 5.16. The lowest BCUT2D eigenvalue weighted by atomic mass is 9.50. The first-order valence-electron chi connectivity index (χ1n) is 8.52. The molecule has 4 bridgehead atoms. The van der Waals surface area contributed by atoms with Crippen molar-refractivity contribution in [3.05, 3.63) is 35.9 Å². The van der Waals surface area contributed by atoms with E-state index in [1.807, 2.05) is 30.3 Å². The van der Waals surface area contributed by atoms with Crippen LogP contribution in [0.25, 0.3) is 0 Å². The molecule has 0 heterocycles. The van der Waals surface area contributed by atoms with E-state index in [2.05, 4.69) is 11.8 Å². The molecule has 0 saturated heterocycles. The lowest BCUT2D eigenvalue weighted by Gasteiger charge is -2.57. The first kappa shape index (κ1) is 14.3. The van der Waals surface area contributed by atoms with Gasteiger partial charge in [0.1, 0.15) is 11.2 Å². The van der Waals surface area contributed by atoms with Gasteiger partial charge >= 0.3 is 0 Å². The number of rotatable bonds is 1. The van der Waals surface area contributed by atoms with Gasteiger partial charge in [0.2, 0.25) is 0 Å². The molecule has 2 N–H and O–H groups in total. The zero-order chi connectivity index (χ0) is 15.4. The molecule has 1 atom stereocenters. The maximum Gasteiger partial charge on any atom is 0.148 e. The highest BCUT2D eigenvalue weighted by molar-refractivity contribution is 5.34. The molecule has 2 nitrogen and oxygen atoms in total. The van der Waals surface area contributed by atoms with Crippen LogP contribution in [0.4, 0.5) is 0 Å². The SMILES string of the molecule is C[C@@](O)(C#CC1(O)C2CC3CC(C2)CC1C3)c1ccccc1. The van der Waals surface area contributed by atoms with Gasteiger partial charge in [-0.05, 0) is 68.3 Å². The van der Waals surface area contributed by atoms with Gasteiger partial charge < -0.3 is 10.2 Å². The minimum absolute atomic E-state index is 0.308. The number of hydrogen-bond acceptors (Lipinski definition) is 2. The number of benzene rings is 1. The van der Waals surface area contributed by atoms with Gasteiger partial charge in [-0.1, -0.05) is 42.2 Å². The smallest absolute Gasteiger partial charge is 0.148 e. The van der Waals surface area contributed by atoms with Crippen LogP contribution in [0.15, 0.2) is 30.3 Å². The average Bonchev–Trinajstić information content (AvgIpc) is 2.51. The van der Waals surface area contributed by atoms with Crippen LogP contribution in [0.5, 0.6) is 0 Å². The van der Waals surface area contributed by atoms with E-state index in [4.69, 9.17) is 0 Å². The second-order valence-electron chi connectivity index (χ2n) is 7.82. The monoisotopic (exact) mass is 296 g/mol. The van der Waals surface area contributed by atoms with Crippen LogP contribution in [0.2, 0.25) is 0 Å². The van der Waals surface area contributed by atoms with E-state index in [1.54, 1.807) is 6.92 Å². The minimum Gasteiger partial charge on any atom is -0.377 e. The Bertz CT molecular complexity index is 592. The third-order valence-electron chi connectivity index (χ3n) is 6.22. The molecule has 4 fully saturated rings. The molecule has 1 aromatic rings. The van der Waals surface area contributed by atoms with Crippen LogP contribution in [-0.2, 0) is 5.60 Å². The fourth-order valence-electron chi connectivity index (χ4n) is 5.16. The highest BCUT2D eigenvalue weighted by Crippen LogP contribution is 2.58. The molecule has 0 radical (unpaired) electrons. The van der Waals surface area contributed by atoms with Gasteiger partial charge in [-0.15, -0.1) is 0 Å². The first-order valence-corrected chi connectivity index (χ1v) is 8.52. The molecule has 0 aromatic heterocycles. The van der Waals surface area contributed by atoms with Gasteiger partial charge in [-0.2, -0.15) is 0 Å². The maximum absolute atomic E-state index is 11.2. The van der Waals surface area contributed by atoms with Gasteiger partial charge in [0.05, 0.1) is 0 Å². The fraction of sp³-hybridized carbons (Fsp3) is 0.600. The van der Waals surface area contributed by atoms with Crippen molar-refractivity contribution in [1.82, 2.24) is 0 Å². The van der Waals surface area contributed by atoms with E-state index < -0.39 is 11.2 Å². The van der Waals surface area contributed by atoms with Gasteiger partial charge in [0.15, 0.2) is 0 Å². The van der Waals surface area contributed by atoms with E-state index in [1.165, 1.54) is 6.42 Å². The molecular weight excluding hydrogens is 272 g/mol. The van der Waals surface area contributed by atoms with E-state index in [0.29, 0.717) is 11.8 Å². The second-order valence-corrected chi connectivity index (χ2v) is 7.82. The Morgan fingerprint density at radius 2 is 1.55 bits per heavy atom. The Labute approximate surface area is 132 Å². The third-order valence-corrected chi connectivity index (χ3v) is 6.22. The van der Waals surface area contributed by atoms with Crippen LogP contribution in [0.1, 0.15) is 44.6 Å². The summed E-state index contributed by atoms with van der Waals surface area (Å²) >= 11 is 0. The molecule has 4 saturated carbocycles. The second kappa shape index (κ2) is 4.85. The van der Waals surface area contributed by atoms with Crippen molar-refractivity contribution in [2.75, 3.05) is 0 Å². The molecule has 4 aliphatic rings. The molecule has 4 aliphatic carbocycles. The number of hydrogen-bond donors (Lipinski definition) is 2. The molecule has 22 heavy (non-hydrogen) atoms. The Morgan fingerprint density at radius 1 is 1.00 bits per heavy atom. The lowest BCUT2D eigenvalue weighted by molar-refractivity contribution is -0.137. The van der Waals surface area contributed by atoms with E-state index in [-0.39, 0.29) is 0 Å². The summed E-state index contributed by atoms with van der Waals surface area (Å²) in [7, 11) is 0. The molecular formula is C20H24O2. The summed E-state index contributed by atoms with van der Waals surface area (Å²) in [6.07, 6.45) is 5.83. The van der Waals surface area contributed by atoms with Crippen molar-refractivity contribution in [3.8, 4) is 11.8 Å². The van der Waals surface area contributed by atoms with E-state index in [9.17, 15) is 10.2 Å². The lowest BCUT2D eigenvalue weighted by Crippen LogP contribution is -2.57. The average molecular weight is 296 g/mol. The summed E-state index contributed by atoms with van der Waals surface area (Å²) in [5.41, 5.74) is -1.30. The molecule has 0 aliphatic heterocycles. The zero-order valence-corrected chi connectivity index (χ0v) is 13.1. The molecule has 0 amide bonds. The van der Waals surface area contributed by atoms with Crippen molar-refractivity contribution in [2.45, 2.75) is 50.2 Å². The molecule has 1 aromatic carbocycles. The summed E-state index contributed by atoms with van der Waals surface area (Å²) in [5.74, 6) is 8.36. The highest BCUT2D eigenvalue weighted by Gasteiger charge is 2.56. The van der Waals surface area contributed by atoms with Crippen molar-refractivity contribution >= 4 is 0 Å². The van der Waals surface area contributed by atoms with Crippen molar-refractivity contribution in [1.29, 1.82) is 0 Å². The summed E-state index contributed by atoms with van der Waals surface area (Å²) in [4.78, 5) is 0. The Hall–Kier alpha value is -1.30. The Kier molecular flexibility index (Phi) is 3.15. The topological polar surface area (TPSA) is 40.5 Å². The van der Waals surface area contributed by atoms with Crippen LogP contribution in [-0.4, -0.2) is 15.8 Å². The molecule has 2 heteroatoms. The number of aliphatic hydroxyl groups is 2. The maximum atomic E-state index is 11.2. The van der Waals surface area contributed by atoms with Crippen molar-refractivity contribution < 1.29 is 10.2 Å². The molecule has 116 valence electrons. The van der Waals surface area contributed by atoms with Crippen LogP contribution in [0, 0.1) is 35.5 Å². The van der Waals surface area contributed by atoms with Crippen molar-refractivity contribution in [2.24, 2.45) is 23.7 Å². The minimum atomic E-state index is -1.20. The van der Waals surface area contributed by atoms with Crippen LogP contribution >= 0.6 is 0 Å². The zero-order valence-electron chi connectivity index (χ0n) is 13.1. The van der Waals surface area contributed by atoms with E-state index >= 15 is 0 Å². The standard InChI is InChI=1S/C20H24O2/c1-19(21,16-5-3-2-4-6-16)7-8-20(22)17-10-14-9-15(12-17)13-18(20)11-14/h2-6,14-15,17-18,21-22H,9-13H2,1H3/t14?,15?,17?,18?,19-,20?/m1/s1. The quantitative estimate of drug-likeness (QED) is 0.782. The van der Waals surface area contributed by atoms with Crippen molar-refractivity contribution in [3.63, 3.8) is 0 Å². The summed E-state index contributed by atoms with van der Waals surface area (Å²) in [6, 6.07) is 9.51. The van der Waals surface area contributed by atoms with Gasteiger partial charge in [0.25, 0.3) is 0 Å².